The maximum atomic E-state index is 10.9. The quantitative estimate of drug-likeness (QED) is 0.797. The van der Waals surface area contributed by atoms with Gasteiger partial charge in [0.15, 0.2) is 0 Å². The molecule has 0 heterocycles. The fraction of sp³-hybridized carbons (Fsp3) is 0.500. The second kappa shape index (κ2) is 5.32. The van der Waals surface area contributed by atoms with Gasteiger partial charge in [0, 0.05) is 0 Å². The van der Waals surface area contributed by atoms with E-state index in [4.69, 9.17) is 13.8 Å². The standard InChI is InChI=1S/C12H21O4P/c1-5-15-17(4,13,16-6-2)12-10-8-7-9-11(12)14-3/h7-10,13H,5-6H2,1-4H3. The predicted molar refractivity (Wildman–Crippen MR) is 70.9 cm³/mol. The summed E-state index contributed by atoms with van der Waals surface area (Å²) in [6.45, 7) is 6.04. The van der Waals surface area contributed by atoms with Crippen LogP contribution in [0.4, 0.5) is 0 Å². The molecule has 0 unspecified atom stereocenters. The van der Waals surface area contributed by atoms with Crippen LogP contribution in [0, 0.1) is 0 Å². The van der Waals surface area contributed by atoms with E-state index in [1.54, 1.807) is 25.9 Å². The van der Waals surface area contributed by atoms with Crippen LogP contribution in [0.2, 0.25) is 0 Å². The van der Waals surface area contributed by atoms with Crippen molar-refractivity contribution in [1.29, 1.82) is 0 Å². The Morgan fingerprint density at radius 1 is 1.12 bits per heavy atom. The van der Waals surface area contributed by atoms with E-state index in [1.165, 1.54) is 0 Å². The zero-order valence-corrected chi connectivity index (χ0v) is 11.7. The van der Waals surface area contributed by atoms with Crippen molar-refractivity contribution in [2.75, 3.05) is 27.0 Å². The molecule has 4 nitrogen and oxygen atoms in total. The number of para-hydroxylation sites is 1. The number of hydrogen-bond acceptors (Lipinski definition) is 4. The van der Waals surface area contributed by atoms with Gasteiger partial charge in [-0.25, -0.2) is 0 Å². The van der Waals surface area contributed by atoms with Crippen molar-refractivity contribution >= 4 is 12.6 Å². The van der Waals surface area contributed by atoms with Gasteiger partial charge in [-0.1, -0.05) is 0 Å². The van der Waals surface area contributed by atoms with Gasteiger partial charge in [0.1, 0.15) is 0 Å². The molecule has 1 N–H and O–H groups in total. The first-order valence-electron chi connectivity index (χ1n) is 5.67. The van der Waals surface area contributed by atoms with Crippen molar-refractivity contribution < 1.29 is 18.7 Å². The molecule has 1 rings (SSSR count). The van der Waals surface area contributed by atoms with E-state index in [1.807, 2.05) is 26.0 Å². The van der Waals surface area contributed by atoms with Gasteiger partial charge in [-0.05, 0) is 0 Å². The molecule has 5 heteroatoms. The minimum absolute atomic E-state index is 0.378. The van der Waals surface area contributed by atoms with E-state index < -0.39 is 7.28 Å². The molecule has 0 bridgehead atoms. The molecular weight excluding hydrogens is 239 g/mol. The predicted octanol–water partition coefficient (Wildman–Crippen LogP) is 2.31. The summed E-state index contributed by atoms with van der Waals surface area (Å²) >= 11 is 0. The first-order valence-corrected chi connectivity index (χ1v) is 8.14. The first-order chi connectivity index (χ1) is 7.96. The molecule has 0 spiro atoms. The Morgan fingerprint density at radius 3 is 2.12 bits per heavy atom. The molecule has 0 saturated heterocycles. The van der Waals surface area contributed by atoms with Crippen molar-refractivity contribution in [3.05, 3.63) is 24.3 Å². The molecular formula is C12H21O4P. The molecule has 17 heavy (non-hydrogen) atoms. The average Bonchev–Trinajstić information content (AvgIpc) is 2.29. The third-order valence-corrected chi connectivity index (χ3v) is 5.69. The van der Waals surface area contributed by atoms with Crippen molar-refractivity contribution in [3.63, 3.8) is 0 Å². The number of rotatable bonds is 6. The van der Waals surface area contributed by atoms with Gasteiger partial charge >= 0.3 is 102 Å². The van der Waals surface area contributed by atoms with Crippen LogP contribution < -0.4 is 10.0 Å². The Kier molecular flexibility index (Phi) is 4.50. The molecule has 1 aromatic carbocycles. The maximum absolute atomic E-state index is 10.9. The second-order valence-corrected chi connectivity index (χ2v) is 7.43. The summed E-state index contributed by atoms with van der Waals surface area (Å²) in [5.41, 5.74) is 0. The summed E-state index contributed by atoms with van der Waals surface area (Å²) in [7, 11) is -2.23. The van der Waals surface area contributed by atoms with E-state index in [9.17, 15) is 4.89 Å². The molecule has 0 fully saturated rings. The van der Waals surface area contributed by atoms with Crippen LogP contribution in [0.25, 0.3) is 0 Å². The van der Waals surface area contributed by atoms with E-state index in [0.717, 1.165) is 0 Å². The van der Waals surface area contributed by atoms with E-state index in [2.05, 4.69) is 0 Å². The molecule has 0 saturated carbocycles. The van der Waals surface area contributed by atoms with Gasteiger partial charge in [-0.15, -0.1) is 0 Å². The van der Waals surface area contributed by atoms with Crippen LogP contribution in [0.5, 0.6) is 5.75 Å². The van der Waals surface area contributed by atoms with E-state index in [0.29, 0.717) is 24.3 Å². The van der Waals surface area contributed by atoms with Crippen LogP contribution >= 0.6 is 7.28 Å². The van der Waals surface area contributed by atoms with Gasteiger partial charge in [0.05, 0.1) is 0 Å². The monoisotopic (exact) mass is 260 g/mol. The number of hydrogen-bond donors (Lipinski definition) is 1. The van der Waals surface area contributed by atoms with Gasteiger partial charge < -0.3 is 0 Å². The van der Waals surface area contributed by atoms with Crippen LogP contribution in [0.15, 0.2) is 24.3 Å². The third-order valence-electron chi connectivity index (χ3n) is 2.50. The molecule has 0 aliphatic rings. The summed E-state index contributed by atoms with van der Waals surface area (Å²) in [4.78, 5) is 10.9. The Bertz CT molecular complexity index is 369. The fourth-order valence-corrected chi connectivity index (χ4v) is 4.49. The van der Waals surface area contributed by atoms with Crippen LogP contribution in [0.3, 0.4) is 0 Å². The Labute approximate surface area is 103 Å². The molecule has 0 amide bonds. The average molecular weight is 260 g/mol. The van der Waals surface area contributed by atoms with Crippen molar-refractivity contribution in [2.45, 2.75) is 13.8 Å². The number of benzene rings is 1. The van der Waals surface area contributed by atoms with Gasteiger partial charge in [0.2, 0.25) is 0 Å². The molecule has 0 aromatic heterocycles. The number of ether oxygens (including phenoxy) is 1. The SMILES string of the molecule is CCOP(C)(O)(OCC)c1ccccc1OC. The van der Waals surface area contributed by atoms with Gasteiger partial charge in [-0.3, -0.25) is 0 Å². The summed E-state index contributed by atoms with van der Waals surface area (Å²) in [6, 6.07) is 7.24. The molecule has 98 valence electrons. The van der Waals surface area contributed by atoms with E-state index in [-0.39, 0.29) is 0 Å². The molecule has 0 atom stereocenters. The minimum atomic E-state index is -3.80. The topological polar surface area (TPSA) is 47.9 Å². The zero-order chi connectivity index (χ0) is 13.0. The van der Waals surface area contributed by atoms with Crippen molar-refractivity contribution in [1.82, 2.24) is 0 Å². The third kappa shape index (κ3) is 2.96. The Hall–Kier alpha value is -0.670. The van der Waals surface area contributed by atoms with Crippen molar-refractivity contribution in [2.24, 2.45) is 0 Å². The van der Waals surface area contributed by atoms with Crippen molar-refractivity contribution in [3.8, 4) is 5.75 Å². The van der Waals surface area contributed by atoms with Gasteiger partial charge in [-0.2, -0.15) is 0 Å². The second-order valence-electron chi connectivity index (χ2n) is 3.82. The van der Waals surface area contributed by atoms with Gasteiger partial charge in [0.25, 0.3) is 0 Å². The first kappa shape index (κ1) is 14.4. The van der Waals surface area contributed by atoms with Crippen LogP contribution in [-0.4, -0.2) is 31.9 Å². The van der Waals surface area contributed by atoms with E-state index >= 15 is 0 Å². The molecule has 0 aliphatic heterocycles. The summed E-state index contributed by atoms with van der Waals surface area (Å²) < 4.78 is 16.4. The van der Waals surface area contributed by atoms with Crippen LogP contribution in [0.1, 0.15) is 13.8 Å². The molecule has 0 aliphatic carbocycles. The summed E-state index contributed by atoms with van der Waals surface area (Å²) in [5, 5.41) is 0.588. The Balaban J connectivity index is 3.31. The summed E-state index contributed by atoms with van der Waals surface area (Å²) in [6.07, 6.45) is 0. The fourth-order valence-electron chi connectivity index (χ4n) is 1.83. The Morgan fingerprint density at radius 2 is 1.65 bits per heavy atom. The normalized spacial score (nSPS) is 14.1. The molecule has 1 aromatic rings. The molecule has 0 radical (unpaired) electrons. The zero-order valence-electron chi connectivity index (χ0n) is 10.8. The van der Waals surface area contributed by atoms with Crippen LogP contribution in [-0.2, 0) is 9.05 Å². The number of methoxy groups -OCH3 is 1. The summed E-state index contributed by atoms with van der Waals surface area (Å²) in [5.74, 6) is 0.581.